The molecule has 3 rings (SSSR count). The Balaban J connectivity index is 2.27. The third kappa shape index (κ3) is 3.89. The van der Waals surface area contributed by atoms with Crippen molar-refractivity contribution in [2.45, 2.75) is 26.2 Å². The third-order valence-electron chi connectivity index (χ3n) is 4.13. The number of hydrogen-bond acceptors (Lipinski definition) is 1. The van der Waals surface area contributed by atoms with Gasteiger partial charge in [-0.2, -0.15) is 0 Å². The van der Waals surface area contributed by atoms with Crippen molar-refractivity contribution in [3.8, 4) is 5.75 Å². The highest BCUT2D eigenvalue weighted by Gasteiger charge is 2.26. The van der Waals surface area contributed by atoms with Crippen LogP contribution in [0.25, 0.3) is 0 Å². The van der Waals surface area contributed by atoms with E-state index in [2.05, 4.69) is 45.0 Å². The Morgan fingerprint density at radius 2 is 1.28 bits per heavy atom. The molecule has 3 heteroatoms. The standard InChI is InChI=1S/C22H22ClOP/c1-22(2,3)19-14-16(23)15-20(21(19)24)25(17-10-6-4-7-11-17)18-12-8-5-9-13-18/h4-15,24H,1-3H3. The predicted octanol–water partition coefficient (Wildman–Crippen LogP) is 5.10. The van der Waals surface area contributed by atoms with Gasteiger partial charge in [-0.25, -0.2) is 0 Å². The van der Waals surface area contributed by atoms with Crippen LogP contribution in [0.5, 0.6) is 5.75 Å². The lowest BCUT2D eigenvalue weighted by Crippen LogP contribution is -2.23. The fourth-order valence-corrected chi connectivity index (χ4v) is 5.60. The minimum atomic E-state index is -0.881. The van der Waals surface area contributed by atoms with Gasteiger partial charge in [0.25, 0.3) is 0 Å². The monoisotopic (exact) mass is 368 g/mol. The molecule has 0 saturated heterocycles. The number of benzene rings is 3. The summed E-state index contributed by atoms with van der Waals surface area (Å²) in [5, 5.41) is 15.1. The van der Waals surface area contributed by atoms with E-state index in [0.29, 0.717) is 10.8 Å². The number of phenolic OH excluding ortho intramolecular Hbond substituents is 1. The van der Waals surface area contributed by atoms with Gasteiger partial charge in [0.05, 0.1) is 0 Å². The van der Waals surface area contributed by atoms with Crippen LogP contribution in [0, 0.1) is 0 Å². The van der Waals surface area contributed by atoms with Crippen molar-refractivity contribution >= 4 is 35.4 Å². The minimum absolute atomic E-state index is 0.182. The summed E-state index contributed by atoms with van der Waals surface area (Å²) in [7, 11) is -0.881. The molecule has 0 fully saturated rings. The number of halogens is 1. The minimum Gasteiger partial charge on any atom is -0.507 e. The molecule has 0 saturated carbocycles. The molecule has 0 spiro atoms. The molecular weight excluding hydrogens is 347 g/mol. The topological polar surface area (TPSA) is 20.2 Å². The largest absolute Gasteiger partial charge is 0.507 e. The molecule has 0 aliphatic carbocycles. The highest BCUT2D eigenvalue weighted by atomic mass is 35.5. The molecule has 0 aliphatic heterocycles. The average molecular weight is 369 g/mol. The predicted molar refractivity (Wildman–Crippen MR) is 111 cm³/mol. The number of rotatable bonds is 3. The summed E-state index contributed by atoms with van der Waals surface area (Å²) in [6.45, 7) is 6.28. The van der Waals surface area contributed by atoms with Gasteiger partial charge in [0.2, 0.25) is 0 Å². The molecule has 0 heterocycles. The molecule has 1 N–H and O–H groups in total. The molecule has 3 aromatic carbocycles. The van der Waals surface area contributed by atoms with E-state index in [1.165, 1.54) is 10.6 Å². The van der Waals surface area contributed by atoms with E-state index in [-0.39, 0.29) is 5.41 Å². The van der Waals surface area contributed by atoms with Crippen LogP contribution in [0.3, 0.4) is 0 Å². The van der Waals surface area contributed by atoms with Crippen LogP contribution >= 0.6 is 19.5 Å². The summed E-state index contributed by atoms with van der Waals surface area (Å²) in [6, 6.07) is 24.5. The molecule has 25 heavy (non-hydrogen) atoms. The Morgan fingerprint density at radius 3 is 1.72 bits per heavy atom. The van der Waals surface area contributed by atoms with E-state index in [9.17, 15) is 5.11 Å². The second kappa shape index (κ2) is 7.20. The zero-order valence-electron chi connectivity index (χ0n) is 14.7. The first-order chi connectivity index (χ1) is 11.9. The summed E-state index contributed by atoms with van der Waals surface area (Å²) < 4.78 is 0. The number of phenols is 1. The summed E-state index contributed by atoms with van der Waals surface area (Å²) in [5.74, 6) is 0.357. The normalized spacial score (nSPS) is 11.7. The Labute approximate surface area is 156 Å². The van der Waals surface area contributed by atoms with Crippen LogP contribution in [-0.4, -0.2) is 5.11 Å². The molecule has 128 valence electrons. The van der Waals surface area contributed by atoms with Crippen LogP contribution in [0.15, 0.2) is 72.8 Å². The first kappa shape index (κ1) is 18.0. The second-order valence-corrected chi connectivity index (χ2v) is 9.70. The highest BCUT2D eigenvalue weighted by molar-refractivity contribution is 7.80. The van der Waals surface area contributed by atoms with E-state index in [1.54, 1.807) is 0 Å². The molecule has 0 radical (unpaired) electrons. The maximum Gasteiger partial charge on any atom is 0.127 e. The van der Waals surface area contributed by atoms with Gasteiger partial charge in [-0.1, -0.05) is 93.0 Å². The molecule has 0 atom stereocenters. The van der Waals surface area contributed by atoms with Crippen LogP contribution in [0.1, 0.15) is 26.3 Å². The first-order valence-electron chi connectivity index (χ1n) is 8.31. The van der Waals surface area contributed by atoms with Crippen molar-refractivity contribution in [1.29, 1.82) is 0 Å². The average Bonchev–Trinajstić information content (AvgIpc) is 2.59. The third-order valence-corrected chi connectivity index (χ3v) is 6.80. The Morgan fingerprint density at radius 1 is 0.800 bits per heavy atom. The van der Waals surface area contributed by atoms with Crippen LogP contribution in [0.4, 0.5) is 0 Å². The van der Waals surface area contributed by atoms with E-state index >= 15 is 0 Å². The molecule has 0 amide bonds. The molecule has 0 bridgehead atoms. The smallest absolute Gasteiger partial charge is 0.127 e. The summed E-state index contributed by atoms with van der Waals surface area (Å²) in [6.07, 6.45) is 0. The molecule has 1 nitrogen and oxygen atoms in total. The van der Waals surface area contributed by atoms with Crippen molar-refractivity contribution in [2.24, 2.45) is 0 Å². The van der Waals surface area contributed by atoms with E-state index in [0.717, 1.165) is 10.9 Å². The summed E-state index contributed by atoms with van der Waals surface area (Å²) >= 11 is 6.45. The van der Waals surface area contributed by atoms with Crippen molar-refractivity contribution in [2.75, 3.05) is 0 Å². The first-order valence-corrected chi connectivity index (χ1v) is 10.0. The van der Waals surface area contributed by atoms with Crippen molar-refractivity contribution in [3.63, 3.8) is 0 Å². The van der Waals surface area contributed by atoms with Crippen molar-refractivity contribution < 1.29 is 5.11 Å². The van der Waals surface area contributed by atoms with Gasteiger partial charge in [-0.15, -0.1) is 0 Å². The Bertz CT molecular complexity index is 815. The van der Waals surface area contributed by atoms with Gasteiger partial charge in [0.15, 0.2) is 0 Å². The summed E-state index contributed by atoms with van der Waals surface area (Å²) in [5.41, 5.74) is 0.701. The zero-order valence-corrected chi connectivity index (χ0v) is 16.4. The van der Waals surface area contributed by atoms with Gasteiger partial charge in [0.1, 0.15) is 5.75 Å². The van der Waals surface area contributed by atoms with Crippen LogP contribution < -0.4 is 15.9 Å². The van der Waals surface area contributed by atoms with Gasteiger partial charge >= 0.3 is 0 Å². The molecule has 0 aliphatic rings. The van der Waals surface area contributed by atoms with Crippen molar-refractivity contribution in [3.05, 3.63) is 83.4 Å². The van der Waals surface area contributed by atoms with Crippen molar-refractivity contribution in [1.82, 2.24) is 0 Å². The maximum atomic E-state index is 11.1. The lowest BCUT2D eigenvalue weighted by Gasteiger charge is -2.26. The fourth-order valence-electron chi connectivity index (χ4n) is 2.91. The quantitative estimate of drug-likeness (QED) is 0.637. The van der Waals surface area contributed by atoms with Gasteiger partial charge in [-0.05, 0) is 36.1 Å². The van der Waals surface area contributed by atoms with Crippen LogP contribution in [-0.2, 0) is 5.41 Å². The Hall–Kier alpha value is -1.82. The molecule has 0 aromatic heterocycles. The Kier molecular flexibility index (Phi) is 5.18. The molecular formula is C22H22ClOP. The SMILES string of the molecule is CC(C)(C)c1cc(Cl)cc(P(c2ccccc2)c2ccccc2)c1O. The lowest BCUT2D eigenvalue weighted by molar-refractivity contribution is 0.451. The van der Waals surface area contributed by atoms with Crippen LogP contribution in [0.2, 0.25) is 5.02 Å². The van der Waals surface area contributed by atoms with Gasteiger partial charge < -0.3 is 5.11 Å². The second-order valence-electron chi connectivity index (χ2n) is 7.08. The highest BCUT2D eigenvalue weighted by Crippen LogP contribution is 2.41. The van der Waals surface area contributed by atoms with Gasteiger partial charge in [-0.3, -0.25) is 0 Å². The van der Waals surface area contributed by atoms with Gasteiger partial charge in [0, 0.05) is 15.9 Å². The van der Waals surface area contributed by atoms with E-state index in [1.807, 2.05) is 48.5 Å². The summed E-state index contributed by atoms with van der Waals surface area (Å²) in [4.78, 5) is 0. The van der Waals surface area contributed by atoms with E-state index in [4.69, 9.17) is 11.6 Å². The number of hydrogen-bond donors (Lipinski definition) is 1. The zero-order chi connectivity index (χ0) is 18.0. The van der Waals surface area contributed by atoms with E-state index < -0.39 is 7.92 Å². The lowest BCUT2D eigenvalue weighted by atomic mass is 9.86. The maximum absolute atomic E-state index is 11.1. The molecule has 0 unspecified atom stereocenters. The molecule has 3 aromatic rings. The number of aromatic hydroxyl groups is 1. The fraction of sp³-hybridized carbons (Fsp3) is 0.182.